The highest BCUT2D eigenvalue weighted by atomic mass is 79.9. The number of hydrogen-bond acceptors (Lipinski definition) is 6. The molecule has 1 N–H and O–H groups in total. The third-order valence-electron chi connectivity index (χ3n) is 5.20. The summed E-state index contributed by atoms with van der Waals surface area (Å²) < 4.78 is 17.0. The summed E-state index contributed by atoms with van der Waals surface area (Å²) in [6, 6.07) is 13.4. The summed E-state index contributed by atoms with van der Waals surface area (Å²) in [5, 5.41) is 11.4. The first-order valence-electron chi connectivity index (χ1n) is 9.56. The molecule has 1 atom stereocenters. The lowest BCUT2D eigenvalue weighted by atomic mass is 9.95. The molecule has 0 radical (unpaired) electrons. The van der Waals surface area contributed by atoms with E-state index in [-0.39, 0.29) is 24.5 Å². The van der Waals surface area contributed by atoms with E-state index in [0.29, 0.717) is 22.3 Å². The number of ketones is 1. The standard InChI is InChI=1S/C23H20BrNO6/c1-29-10-9-25-19(13-5-3-7-15(24)11-13)18(21(27)23(25)28)20(26)17-12-14-6-4-8-16(30-2)22(14)31-17/h3-8,11-12,19,27H,9-10H2,1-2H3/t19-/m1/s1. The predicted molar refractivity (Wildman–Crippen MR) is 117 cm³/mol. The van der Waals surface area contributed by atoms with E-state index >= 15 is 0 Å². The molecule has 31 heavy (non-hydrogen) atoms. The summed E-state index contributed by atoms with van der Waals surface area (Å²) in [5.74, 6) is -1.27. The summed E-state index contributed by atoms with van der Waals surface area (Å²) in [6.45, 7) is 0.466. The van der Waals surface area contributed by atoms with Gasteiger partial charge in [0.1, 0.15) is 0 Å². The molecule has 0 fully saturated rings. The van der Waals surface area contributed by atoms with Gasteiger partial charge in [0.25, 0.3) is 5.91 Å². The van der Waals surface area contributed by atoms with E-state index in [1.807, 2.05) is 18.2 Å². The monoisotopic (exact) mass is 485 g/mol. The highest BCUT2D eigenvalue weighted by molar-refractivity contribution is 9.10. The lowest BCUT2D eigenvalue weighted by Crippen LogP contribution is -2.34. The molecule has 0 unspecified atom stereocenters. The number of carbonyl (C=O) groups is 2. The lowest BCUT2D eigenvalue weighted by molar-refractivity contribution is -0.130. The van der Waals surface area contributed by atoms with Gasteiger partial charge in [-0.05, 0) is 29.8 Å². The number of fused-ring (bicyclic) bond motifs is 1. The van der Waals surface area contributed by atoms with Gasteiger partial charge in [0.2, 0.25) is 5.78 Å². The molecule has 2 heterocycles. The van der Waals surface area contributed by atoms with Crippen molar-refractivity contribution in [2.45, 2.75) is 6.04 Å². The molecule has 0 aliphatic carbocycles. The zero-order valence-corrected chi connectivity index (χ0v) is 18.5. The number of furan rings is 1. The van der Waals surface area contributed by atoms with E-state index in [4.69, 9.17) is 13.9 Å². The molecule has 1 aliphatic heterocycles. The Morgan fingerprint density at radius 2 is 1.97 bits per heavy atom. The average molecular weight is 486 g/mol. The van der Waals surface area contributed by atoms with Gasteiger partial charge in [0.15, 0.2) is 22.9 Å². The second kappa shape index (κ2) is 8.56. The third kappa shape index (κ3) is 3.73. The number of ether oxygens (including phenoxy) is 2. The highest BCUT2D eigenvalue weighted by Crippen LogP contribution is 2.40. The van der Waals surface area contributed by atoms with Gasteiger partial charge in [0.05, 0.1) is 25.3 Å². The second-order valence-electron chi connectivity index (χ2n) is 7.03. The summed E-state index contributed by atoms with van der Waals surface area (Å²) in [5.41, 5.74) is 1.07. The van der Waals surface area contributed by atoms with Crippen molar-refractivity contribution < 1.29 is 28.6 Å². The fraction of sp³-hybridized carbons (Fsp3) is 0.217. The van der Waals surface area contributed by atoms with Crippen molar-refractivity contribution in [2.24, 2.45) is 0 Å². The summed E-state index contributed by atoms with van der Waals surface area (Å²) in [4.78, 5) is 27.8. The number of benzene rings is 2. The minimum Gasteiger partial charge on any atom is -0.503 e. The number of rotatable bonds is 7. The zero-order valence-electron chi connectivity index (χ0n) is 16.9. The van der Waals surface area contributed by atoms with Crippen molar-refractivity contribution in [3.63, 3.8) is 0 Å². The van der Waals surface area contributed by atoms with Gasteiger partial charge in [-0.2, -0.15) is 0 Å². The van der Waals surface area contributed by atoms with Crippen LogP contribution in [0.5, 0.6) is 5.75 Å². The molecule has 7 nitrogen and oxygen atoms in total. The summed E-state index contributed by atoms with van der Waals surface area (Å²) in [7, 11) is 3.04. The quantitative estimate of drug-likeness (QED) is 0.498. The first-order chi connectivity index (χ1) is 15.0. The van der Waals surface area contributed by atoms with Crippen LogP contribution in [-0.4, -0.2) is 49.1 Å². The number of aliphatic hydroxyl groups excluding tert-OH is 1. The number of aliphatic hydroxyl groups is 1. The van der Waals surface area contributed by atoms with E-state index in [1.165, 1.54) is 19.1 Å². The van der Waals surface area contributed by atoms with Crippen LogP contribution in [0.15, 0.2) is 68.8 Å². The summed E-state index contributed by atoms with van der Waals surface area (Å²) >= 11 is 3.43. The Morgan fingerprint density at radius 3 is 2.68 bits per heavy atom. The van der Waals surface area contributed by atoms with Crippen LogP contribution in [0.3, 0.4) is 0 Å². The molecule has 0 saturated heterocycles. The normalized spacial score (nSPS) is 16.4. The largest absolute Gasteiger partial charge is 0.503 e. The van der Waals surface area contributed by atoms with E-state index < -0.39 is 23.5 Å². The van der Waals surface area contributed by atoms with E-state index in [2.05, 4.69) is 15.9 Å². The van der Waals surface area contributed by atoms with Gasteiger partial charge in [-0.25, -0.2) is 0 Å². The van der Waals surface area contributed by atoms with Crippen LogP contribution in [0.2, 0.25) is 0 Å². The van der Waals surface area contributed by atoms with Gasteiger partial charge in [-0.3, -0.25) is 9.59 Å². The van der Waals surface area contributed by atoms with Crippen LogP contribution in [0.4, 0.5) is 0 Å². The SMILES string of the molecule is COCCN1C(=O)C(O)=C(C(=O)c2cc3cccc(OC)c3o2)[C@H]1c1cccc(Br)c1. The van der Waals surface area contributed by atoms with E-state index in [1.54, 1.807) is 30.3 Å². The number of hydrogen-bond donors (Lipinski definition) is 1. The Morgan fingerprint density at radius 1 is 1.19 bits per heavy atom. The maximum atomic E-state index is 13.5. The van der Waals surface area contributed by atoms with Crippen LogP contribution in [-0.2, 0) is 9.53 Å². The molecule has 1 aliphatic rings. The van der Waals surface area contributed by atoms with Crippen LogP contribution < -0.4 is 4.74 Å². The van der Waals surface area contributed by atoms with Crippen molar-refractivity contribution in [2.75, 3.05) is 27.4 Å². The molecule has 0 saturated carbocycles. The predicted octanol–water partition coefficient (Wildman–Crippen LogP) is 4.43. The van der Waals surface area contributed by atoms with Crippen LogP contribution in [0.1, 0.15) is 22.2 Å². The molecular weight excluding hydrogens is 466 g/mol. The number of halogens is 1. The maximum Gasteiger partial charge on any atom is 0.290 e. The van der Waals surface area contributed by atoms with Gasteiger partial charge < -0.3 is 23.9 Å². The molecule has 3 aromatic rings. The number of carbonyl (C=O) groups excluding carboxylic acids is 2. The van der Waals surface area contributed by atoms with Crippen LogP contribution in [0, 0.1) is 0 Å². The number of methoxy groups -OCH3 is 2. The topological polar surface area (TPSA) is 89.2 Å². The fourth-order valence-electron chi connectivity index (χ4n) is 3.77. The van der Waals surface area contributed by atoms with E-state index in [0.717, 1.165) is 4.47 Å². The molecule has 0 bridgehead atoms. The fourth-order valence-corrected chi connectivity index (χ4v) is 4.19. The Balaban J connectivity index is 1.82. The molecule has 160 valence electrons. The molecule has 4 rings (SSSR count). The molecule has 8 heteroatoms. The number of nitrogens with zero attached hydrogens (tertiary/aromatic N) is 1. The third-order valence-corrected chi connectivity index (χ3v) is 5.69. The lowest BCUT2D eigenvalue weighted by Gasteiger charge is -2.26. The van der Waals surface area contributed by atoms with Gasteiger partial charge in [0, 0.05) is 23.5 Å². The zero-order chi connectivity index (χ0) is 22.1. The number of para-hydroxylation sites is 1. The Labute approximate surface area is 187 Å². The molecule has 1 aromatic heterocycles. The first kappa shape index (κ1) is 21.1. The van der Waals surface area contributed by atoms with E-state index in [9.17, 15) is 14.7 Å². The molecule has 0 spiro atoms. The van der Waals surface area contributed by atoms with Crippen molar-refractivity contribution in [1.29, 1.82) is 0 Å². The number of Topliss-reactive ketones (excluding diaryl/α,β-unsaturated/α-hetero) is 1. The van der Waals surface area contributed by atoms with Gasteiger partial charge in [-0.15, -0.1) is 0 Å². The Bertz CT molecular complexity index is 1200. The molecule has 2 aromatic carbocycles. The highest BCUT2D eigenvalue weighted by Gasteiger charge is 2.44. The van der Waals surface area contributed by atoms with Gasteiger partial charge >= 0.3 is 0 Å². The second-order valence-corrected chi connectivity index (χ2v) is 7.95. The van der Waals surface area contributed by atoms with Crippen molar-refractivity contribution >= 4 is 38.6 Å². The van der Waals surface area contributed by atoms with Crippen molar-refractivity contribution in [1.82, 2.24) is 4.90 Å². The van der Waals surface area contributed by atoms with Gasteiger partial charge in [-0.1, -0.05) is 40.2 Å². The van der Waals surface area contributed by atoms with Crippen molar-refractivity contribution in [3.05, 3.63) is 75.7 Å². The molecule has 1 amide bonds. The Kier molecular flexibility index (Phi) is 5.84. The minimum absolute atomic E-state index is 0.0161. The smallest absolute Gasteiger partial charge is 0.290 e. The Hall–Kier alpha value is -3.10. The number of amides is 1. The van der Waals surface area contributed by atoms with Crippen LogP contribution in [0.25, 0.3) is 11.0 Å². The van der Waals surface area contributed by atoms with Crippen molar-refractivity contribution in [3.8, 4) is 5.75 Å². The molecular formula is C23H20BrNO6. The first-order valence-corrected chi connectivity index (χ1v) is 10.3. The maximum absolute atomic E-state index is 13.5. The summed E-state index contributed by atoms with van der Waals surface area (Å²) in [6.07, 6.45) is 0. The average Bonchev–Trinajstić information content (AvgIpc) is 3.31. The van der Waals surface area contributed by atoms with Crippen LogP contribution >= 0.6 is 15.9 Å². The minimum atomic E-state index is -0.775.